The lowest BCUT2D eigenvalue weighted by atomic mass is 9.99. The van der Waals surface area contributed by atoms with Gasteiger partial charge in [-0.2, -0.15) is 0 Å². The van der Waals surface area contributed by atoms with Crippen LogP contribution >= 0.6 is 0 Å². The number of nitrogens with zero attached hydrogens (tertiary/aromatic N) is 1. The van der Waals surface area contributed by atoms with E-state index >= 15 is 0 Å². The summed E-state index contributed by atoms with van der Waals surface area (Å²) in [6.45, 7) is 7.68. The molecule has 0 spiro atoms. The summed E-state index contributed by atoms with van der Waals surface area (Å²) in [6.07, 6.45) is 3.97. The number of likely N-dealkylation sites (tertiary alicyclic amines) is 1. The van der Waals surface area contributed by atoms with Gasteiger partial charge >= 0.3 is 6.03 Å². The molecular weight excluding hydrogens is 316 g/mol. The minimum atomic E-state index is -0.00803. The summed E-state index contributed by atoms with van der Waals surface area (Å²) in [5.74, 6) is 1.12. The van der Waals surface area contributed by atoms with E-state index in [2.05, 4.69) is 17.4 Å². The molecule has 0 bridgehead atoms. The Morgan fingerprint density at radius 2 is 2.04 bits per heavy atom. The Labute approximate surface area is 151 Å². The summed E-state index contributed by atoms with van der Waals surface area (Å²) >= 11 is 0. The summed E-state index contributed by atoms with van der Waals surface area (Å²) in [6, 6.07) is 8.29. The van der Waals surface area contributed by atoms with Gasteiger partial charge in [-0.15, -0.1) is 0 Å². The predicted octanol–water partition coefficient (Wildman–Crippen LogP) is 3.21. The van der Waals surface area contributed by atoms with E-state index in [1.165, 1.54) is 5.56 Å². The molecule has 1 heterocycles. The number of benzene rings is 1. The molecule has 0 aromatic heterocycles. The largest absolute Gasteiger partial charge is 0.491 e. The zero-order chi connectivity index (χ0) is 18.2. The molecule has 1 fully saturated rings. The summed E-state index contributed by atoms with van der Waals surface area (Å²) < 4.78 is 5.65. The van der Waals surface area contributed by atoms with Crippen LogP contribution in [0.4, 0.5) is 4.79 Å². The fourth-order valence-electron chi connectivity index (χ4n) is 3.16. The lowest BCUT2D eigenvalue weighted by Gasteiger charge is -2.32. The SMILES string of the molecule is CC(CCc1ccc(OC(C)C)cc1)NC(=O)N1CCCC(CO)C1. The number of aliphatic hydroxyl groups is 1. The Kier molecular flexibility index (Phi) is 7.56. The number of nitrogens with one attached hydrogen (secondary N) is 1. The van der Waals surface area contributed by atoms with Crippen LogP contribution in [0.3, 0.4) is 0 Å². The van der Waals surface area contributed by atoms with Crippen LogP contribution in [0.2, 0.25) is 0 Å². The summed E-state index contributed by atoms with van der Waals surface area (Å²) in [7, 11) is 0. The van der Waals surface area contributed by atoms with Gasteiger partial charge in [0.25, 0.3) is 0 Å². The first kappa shape index (κ1) is 19.6. The molecule has 5 nitrogen and oxygen atoms in total. The number of amides is 2. The number of ether oxygens (including phenoxy) is 1. The van der Waals surface area contributed by atoms with Gasteiger partial charge in [-0.05, 0) is 70.1 Å². The van der Waals surface area contributed by atoms with Gasteiger partial charge in [-0.3, -0.25) is 0 Å². The Bertz CT molecular complexity index is 530. The van der Waals surface area contributed by atoms with Crippen LogP contribution in [-0.2, 0) is 6.42 Å². The van der Waals surface area contributed by atoms with Gasteiger partial charge < -0.3 is 20.1 Å². The van der Waals surface area contributed by atoms with E-state index in [1.54, 1.807) is 0 Å². The van der Waals surface area contributed by atoms with Gasteiger partial charge in [-0.25, -0.2) is 4.79 Å². The quantitative estimate of drug-likeness (QED) is 0.795. The fourth-order valence-corrected chi connectivity index (χ4v) is 3.16. The number of hydrogen-bond acceptors (Lipinski definition) is 3. The highest BCUT2D eigenvalue weighted by molar-refractivity contribution is 5.74. The standard InChI is InChI=1S/C20H32N2O3/c1-15(2)25-19-10-8-17(9-11-19)7-6-16(3)21-20(24)22-12-4-5-18(13-22)14-23/h8-11,15-16,18,23H,4-7,12-14H2,1-3H3,(H,21,24). The highest BCUT2D eigenvalue weighted by Gasteiger charge is 2.23. The molecule has 2 N–H and O–H groups in total. The molecule has 1 aromatic carbocycles. The molecule has 2 unspecified atom stereocenters. The van der Waals surface area contributed by atoms with E-state index in [-0.39, 0.29) is 30.7 Å². The molecule has 0 saturated carbocycles. The second-order valence-electron chi connectivity index (χ2n) is 7.34. The van der Waals surface area contributed by atoms with Crippen molar-refractivity contribution < 1.29 is 14.6 Å². The van der Waals surface area contributed by atoms with E-state index in [4.69, 9.17) is 4.74 Å². The molecule has 1 aliphatic rings. The second kappa shape index (κ2) is 9.66. The predicted molar refractivity (Wildman–Crippen MR) is 99.9 cm³/mol. The van der Waals surface area contributed by atoms with Crippen LogP contribution in [0.25, 0.3) is 0 Å². The third-order valence-electron chi connectivity index (χ3n) is 4.60. The first-order valence-corrected chi connectivity index (χ1v) is 9.39. The molecule has 2 atom stereocenters. The van der Waals surface area contributed by atoms with Crippen LogP contribution in [0, 0.1) is 5.92 Å². The van der Waals surface area contributed by atoms with Crippen LogP contribution in [0.1, 0.15) is 45.6 Å². The van der Waals surface area contributed by atoms with E-state index in [0.717, 1.165) is 38.0 Å². The molecule has 140 valence electrons. The number of aliphatic hydroxyl groups excluding tert-OH is 1. The summed E-state index contributed by atoms with van der Waals surface area (Å²) in [4.78, 5) is 14.2. The maximum absolute atomic E-state index is 12.3. The Morgan fingerprint density at radius 1 is 1.32 bits per heavy atom. The molecule has 25 heavy (non-hydrogen) atoms. The number of urea groups is 1. The maximum atomic E-state index is 12.3. The summed E-state index contributed by atoms with van der Waals surface area (Å²) in [5, 5.41) is 12.4. The highest BCUT2D eigenvalue weighted by atomic mass is 16.5. The topological polar surface area (TPSA) is 61.8 Å². The smallest absolute Gasteiger partial charge is 0.317 e. The molecule has 2 rings (SSSR count). The average molecular weight is 348 g/mol. The van der Waals surface area contributed by atoms with Crippen molar-refractivity contribution >= 4 is 6.03 Å². The third-order valence-corrected chi connectivity index (χ3v) is 4.60. The van der Waals surface area contributed by atoms with Gasteiger partial charge in [0.15, 0.2) is 0 Å². The highest BCUT2D eigenvalue weighted by Crippen LogP contribution is 2.17. The zero-order valence-corrected chi connectivity index (χ0v) is 15.7. The average Bonchev–Trinajstić information content (AvgIpc) is 2.60. The molecule has 5 heteroatoms. The van der Waals surface area contributed by atoms with E-state index in [0.29, 0.717) is 6.54 Å². The second-order valence-corrected chi connectivity index (χ2v) is 7.34. The van der Waals surface area contributed by atoms with Crippen LogP contribution in [0.15, 0.2) is 24.3 Å². The van der Waals surface area contributed by atoms with Crippen molar-refractivity contribution in [3.63, 3.8) is 0 Å². The third kappa shape index (κ3) is 6.58. The van der Waals surface area contributed by atoms with Crippen molar-refractivity contribution in [1.29, 1.82) is 0 Å². The van der Waals surface area contributed by atoms with Gasteiger partial charge in [0, 0.05) is 25.7 Å². The summed E-state index contributed by atoms with van der Waals surface area (Å²) in [5.41, 5.74) is 1.25. The van der Waals surface area contributed by atoms with Crippen molar-refractivity contribution in [2.45, 2.75) is 58.6 Å². The normalized spacial score (nSPS) is 18.9. The molecule has 2 amide bonds. The van der Waals surface area contributed by atoms with Crippen molar-refractivity contribution in [1.82, 2.24) is 10.2 Å². The Balaban J connectivity index is 1.74. The van der Waals surface area contributed by atoms with Gasteiger partial charge in [0.1, 0.15) is 5.75 Å². The number of carbonyl (C=O) groups is 1. The number of piperidine rings is 1. The first-order valence-electron chi connectivity index (χ1n) is 9.39. The van der Waals surface area contributed by atoms with Crippen molar-refractivity contribution in [2.24, 2.45) is 5.92 Å². The Hall–Kier alpha value is -1.75. The van der Waals surface area contributed by atoms with Crippen molar-refractivity contribution in [3.8, 4) is 5.75 Å². The first-order chi connectivity index (χ1) is 12.0. The molecule has 1 saturated heterocycles. The van der Waals surface area contributed by atoms with Gasteiger partial charge in [0.2, 0.25) is 0 Å². The van der Waals surface area contributed by atoms with E-state index in [9.17, 15) is 9.90 Å². The lowest BCUT2D eigenvalue weighted by Crippen LogP contribution is -2.48. The molecule has 0 aliphatic carbocycles. The number of carbonyl (C=O) groups excluding carboxylic acids is 1. The number of hydrogen-bond donors (Lipinski definition) is 2. The van der Waals surface area contributed by atoms with Crippen LogP contribution in [-0.4, -0.2) is 47.9 Å². The monoisotopic (exact) mass is 348 g/mol. The maximum Gasteiger partial charge on any atom is 0.317 e. The minimum Gasteiger partial charge on any atom is -0.491 e. The van der Waals surface area contributed by atoms with Crippen LogP contribution < -0.4 is 10.1 Å². The van der Waals surface area contributed by atoms with Crippen molar-refractivity contribution in [2.75, 3.05) is 19.7 Å². The Morgan fingerprint density at radius 3 is 2.68 bits per heavy atom. The fraction of sp³-hybridized carbons (Fsp3) is 0.650. The molecule has 1 aromatic rings. The zero-order valence-electron chi connectivity index (χ0n) is 15.7. The van der Waals surface area contributed by atoms with Gasteiger partial charge in [0.05, 0.1) is 6.10 Å². The molecule has 0 radical (unpaired) electrons. The van der Waals surface area contributed by atoms with E-state index in [1.807, 2.05) is 37.8 Å². The van der Waals surface area contributed by atoms with Gasteiger partial charge in [-0.1, -0.05) is 12.1 Å². The number of rotatable bonds is 7. The van der Waals surface area contributed by atoms with E-state index < -0.39 is 0 Å². The minimum absolute atomic E-state index is 0.00803. The number of aryl methyl sites for hydroxylation is 1. The van der Waals surface area contributed by atoms with Crippen molar-refractivity contribution in [3.05, 3.63) is 29.8 Å². The lowest BCUT2D eigenvalue weighted by molar-refractivity contribution is 0.128. The van der Waals surface area contributed by atoms with Crippen LogP contribution in [0.5, 0.6) is 5.75 Å². The molecule has 1 aliphatic heterocycles. The molecular formula is C20H32N2O3.